The molecule has 0 fully saturated rings. The van der Waals surface area contributed by atoms with Gasteiger partial charge in [0.15, 0.2) is 9.68 Å². The summed E-state index contributed by atoms with van der Waals surface area (Å²) >= 11 is 2.34. The minimum atomic E-state index is -0.230. The Morgan fingerprint density at radius 3 is 1.71 bits per heavy atom. The topological polar surface area (TPSA) is 54.8 Å². The van der Waals surface area contributed by atoms with E-state index in [2.05, 4.69) is 105 Å². The Balaban J connectivity index is 1.31. The molecule has 10 aromatic rings. The fourth-order valence-electron chi connectivity index (χ4n) is 8.45. The van der Waals surface area contributed by atoms with Crippen molar-refractivity contribution in [1.82, 2.24) is 9.13 Å². The highest BCUT2D eigenvalue weighted by Crippen LogP contribution is 2.42. The van der Waals surface area contributed by atoms with Crippen LogP contribution in [0.5, 0.6) is 5.75 Å². The zero-order valence-electron chi connectivity index (χ0n) is 33.3. The number of benzene rings is 8. The van der Waals surface area contributed by atoms with Crippen LogP contribution in [0.1, 0.15) is 11.1 Å². The number of aromatic nitrogens is 2. The monoisotopic (exact) mass is 898 g/mol. The van der Waals surface area contributed by atoms with Crippen molar-refractivity contribution >= 4 is 135 Å². The van der Waals surface area contributed by atoms with Gasteiger partial charge in [-0.25, -0.2) is 9.98 Å². The standard InChI is InChI=1S/C52H31B4IN4O/c1-30(31-15-5-2-6-16-31)58-51(33-19-9-4-10-20-33)59-52(57)61-42-24-14-12-22-38(42)40-26-25-39-37-21-11-13-23-41(37)60(48(39)49(40)61)36-28-34(32-17-7-3-8-18-32)27-35(29-36)43-44(53)45(54)46(55)47(56)50(43)62/h2-29,62H,1H2. The Labute approximate surface area is 378 Å². The van der Waals surface area contributed by atoms with Gasteiger partial charge in [0, 0.05) is 61.0 Å². The van der Waals surface area contributed by atoms with Crippen molar-refractivity contribution in [3.8, 4) is 33.7 Å². The predicted molar refractivity (Wildman–Crippen MR) is 273 cm³/mol. The lowest BCUT2D eigenvalue weighted by molar-refractivity contribution is 0.482. The van der Waals surface area contributed by atoms with Crippen LogP contribution in [0.15, 0.2) is 186 Å². The third kappa shape index (κ3) is 6.61. The molecule has 284 valence electrons. The van der Waals surface area contributed by atoms with Crippen LogP contribution in [0.4, 0.5) is 0 Å². The molecule has 0 unspecified atom stereocenters. The normalized spacial score (nSPS) is 12.2. The number of para-hydroxylation sites is 2. The number of phenolic OH excluding ortho intramolecular Hbond substituents is 1. The highest BCUT2D eigenvalue weighted by atomic mass is 127. The van der Waals surface area contributed by atoms with Gasteiger partial charge in [-0.15, -0.1) is 10.9 Å². The van der Waals surface area contributed by atoms with Crippen LogP contribution in [-0.2, 0) is 0 Å². The first-order valence-corrected chi connectivity index (χ1v) is 21.0. The van der Waals surface area contributed by atoms with Crippen LogP contribution < -0.4 is 21.9 Å². The van der Waals surface area contributed by atoms with Crippen molar-refractivity contribution in [1.29, 1.82) is 0 Å². The van der Waals surface area contributed by atoms with Gasteiger partial charge >= 0.3 is 0 Å². The molecule has 8 aromatic carbocycles. The molecule has 0 saturated carbocycles. The highest BCUT2D eigenvalue weighted by Gasteiger charge is 2.24. The van der Waals surface area contributed by atoms with Crippen LogP contribution >= 0.6 is 22.6 Å². The van der Waals surface area contributed by atoms with E-state index in [1.165, 1.54) is 0 Å². The summed E-state index contributed by atoms with van der Waals surface area (Å²) in [6, 6.07) is 57.3. The quantitative estimate of drug-likeness (QED) is 0.0772. The number of hydrogen-bond donors (Lipinski definition) is 1. The third-order valence-corrected chi connectivity index (χ3v) is 12.2. The number of phenols is 1. The van der Waals surface area contributed by atoms with Gasteiger partial charge in [0.1, 0.15) is 37.1 Å². The SMILES string of the molecule is [B]c1c([B])c([B])c(-c2cc(-c3ccccc3)cc(-n3c4ccccc4c4ccc5c6ccccc6n(C(I)=NC(=NC(=C)c6ccccc6)c6ccccc6)c5c43)c2)c(O)c1[B]. The van der Waals surface area contributed by atoms with Gasteiger partial charge in [0.2, 0.25) is 0 Å². The number of aliphatic imine (C=N–C) groups is 2. The maximum Gasteiger partial charge on any atom is 0.178 e. The minimum Gasteiger partial charge on any atom is -0.508 e. The third-order valence-electron chi connectivity index (χ3n) is 11.4. The molecule has 0 spiro atoms. The average molecular weight is 898 g/mol. The van der Waals surface area contributed by atoms with Gasteiger partial charge in [-0.1, -0.05) is 157 Å². The summed E-state index contributed by atoms with van der Waals surface area (Å²) < 4.78 is 5.19. The number of nitrogens with zero attached hydrogens (tertiary/aromatic N) is 4. The molecular weight excluding hydrogens is 867 g/mol. The summed E-state index contributed by atoms with van der Waals surface area (Å²) in [6.45, 7) is 4.34. The van der Waals surface area contributed by atoms with E-state index >= 15 is 0 Å². The zero-order chi connectivity index (χ0) is 42.6. The maximum atomic E-state index is 11.6. The van der Waals surface area contributed by atoms with Crippen molar-refractivity contribution < 1.29 is 5.11 Å². The van der Waals surface area contributed by atoms with Crippen molar-refractivity contribution in [2.75, 3.05) is 0 Å². The second-order valence-corrected chi connectivity index (χ2v) is 16.0. The van der Waals surface area contributed by atoms with E-state index in [4.69, 9.17) is 41.4 Å². The molecule has 0 aliphatic heterocycles. The van der Waals surface area contributed by atoms with Gasteiger partial charge in [-0.05, 0) is 52.6 Å². The second kappa shape index (κ2) is 15.9. The van der Waals surface area contributed by atoms with Crippen molar-refractivity contribution in [3.05, 3.63) is 188 Å². The largest absolute Gasteiger partial charge is 0.508 e. The molecule has 10 heteroatoms. The van der Waals surface area contributed by atoms with Gasteiger partial charge in [-0.2, -0.15) is 0 Å². The van der Waals surface area contributed by atoms with E-state index in [1.807, 2.05) is 103 Å². The summed E-state index contributed by atoms with van der Waals surface area (Å²) in [5.41, 5.74) is 10.1. The van der Waals surface area contributed by atoms with E-state index in [0.717, 1.165) is 71.6 Å². The number of fused-ring (bicyclic) bond motifs is 7. The first-order valence-electron chi connectivity index (χ1n) is 19.9. The Kier molecular flexibility index (Phi) is 10.1. The van der Waals surface area contributed by atoms with Gasteiger partial charge < -0.3 is 9.67 Å². The number of amidine groups is 1. The highest BCUT2D eigenvalue weighted by molar-refractivity contribution is 14.1. The molecule has 0 aliphatic carbocycles. The number of halogens is 1. The van der Waals surface area contributed by atoms with Crippen molar-refractivity contribution in [2.45, 2.75) is 0 Å². The Morgan fingerprint density at radius 2 is 1.03 bits per heavy atom. The Bertz CT molecular complexity index is 3460. The molecule has 8 radical (unpaired) electrons. The Hall–Kier alpha value is -6.77. The lowest BCUT2D eigenvalue weighted by Gasteiger charge is -2.21. The number of aromatic hydroxyl groups is 1. The molecule has 1 N–H and O–H groups in total. The lowest BCUT2D eigenvalue weighted by atomic mass is 9.64. The molecule has 5 nitrogen and oxygen atoms in total. The number of rotatable bonds is 6. The van der Waals surface area contributed by atoms with Crippen LogP contribution in [-0.4, -0.2) is 55.3 Å². The summed E-state index contributed by atoms with van der Waals surface area (Å²) in [5.74, 6) is 0.300. The average Bonchev–Trinajstić information content (AvgIpc) is 3.84. The predicted octanol–water partition coefficient (Wildman–Crippen LogP) is 8.86. The Morgan fingerprint density at radius 1 is 0.500 bits per heavy atom. The first kappa shape index (κ1) is 39.4. The molecule has 2 aromatic heterocycles. The van der Waals surface area contributed by atoms with E-state index in [-0.39, 0.29) is 27.6 Å². The van der Waals surface area contributed by atoms with Crippen LogP contribution in [0.25, 0.3) is 77.2 Å². The van der Waals surface area contributed by atoms with E-state index in [0.29, 0.717) is 26.5 Å². The van der Waals surface area contributed by atoms with E-state index in [9.17, 15) is 5.11 Å². The maximum absolute atomic E-state index is 11.6. The molecule has 2 heterocycles. The summed E-state index contributed by atoms with van der Waals surface area (Å²) in [6.07, 6.45) is 0. The van der Waals surface area contributed by atoms with Gasteiger partial charge in [0.25, 0.3) is 0 Å². The van der Waals surface area contributed by atoms with Crippen LogP contribution in [0.2, 0.25) is 0 Å². The smallest absolute Gasteiger partial charge is 0.178 e. The molecule has 0 aliphatic rings. The first-order chi connectivity index (χ1) is 30.2. The molecule has 62 heavy (non-hydrogen) atoms. The molecule has 10 rings (SSSR count). The fraction of sp³-hybridized carbons (Fsp3) is 0. The summed E-state index contributed by atoms with van der Waals surface area (Å²) in [4.78, 5) is 10.4. The van der Waals surface area contributed by atoms with Crippen LogP contribution in [0, 0.1) is 0 Å². The zero-order valence-corrected chi connectivity index (χ0v) is 35.5. The summed E-state index contributed by atoms with van der Waals surface area (Å²) in [7, 11) is 25.6. The van der Waals surface area contributed by atoms with Crippen LogP contribution in [0.3, 0.4) is 0 Å². The van der Waals surface area contributed by atoms with E-state index < -0.39 is 0 Å². The van der Waals surface area contributed by atoms with E-state index in [1.54, 1.807) is 0 Å². The molecule has 0 bridgehead atoms. The fourth-order valence-corrected chi connectivity index (χ4v) is 9.18. The molecule has 0 amide bonds. The van der Waals surface area contributed by atoms with Crippen molar-refractivity contribution in [2.24, 2.45) is 9.98 Å². The molecular formula is C52H31B4IN4O. The summed E-state index contributed by atoms with van der Waals surface area (Å²) in [5, 5.41) is 15.8. The lowest BCUT2D eigenvalue weighted by Crippen LogP contribution is -2.48. The minimum absolute atomic E-state index is 0.0268. The number of hydrogen-bond acceptors (Lipinski definition) is 2. The molecule has 0 atom stereocenters. The van der Waals surface area contributed by atoms with Crippen molar-refractivity contribution in [3.63, 3.8) is 0 Å². The molecule has 0 saturated heterocycles. The van der Waals surface area contributed by atoms with Gasteiger partial charge in [-0.3, -0.25) is 4.57 Å². The second-order valence-electron chi connectivity index (χ2n) is 15.1. The van der Waals surface area contributed by atoms with Gasteiger partial charge in [0.05, 0.1) is 27.8 Å².